The summed E-state index contributed by atoms with van der Waals surface area (Å²) in [5, 5.41) is 10.4. The highest BCUT2D eigenvalue weighted by atomic mass is 35.5. The van der Waals surface area contributed by atoms with Gasteiger partial charge in [0.05, 0.1) is 12.0 Å². The smallest absolute Gasteiger partial charge is 0.326 e. The van der Waals surface area contributed by atoms with Gasteiger partial charge in [0.15, 0.2) is 5.54 Å². The molecule has 1 aliphatic heterocycles. The molecule has 0 radical (unpaired) electrons. The van der Waals surface area contributed by atoms with Gasteiger partial charge in [0.1, 0.15) is 5.41 Å². The van der Waals surface area contributed by atoms with Crippen LogP contribution in [0.4, 0.5) is 0 Å². The van der Waals surface area contributed by atoms with Crippen molar-refractivity contribution in [3.63, 3.8) is 0 Å². The van der Waals surface area contributed by atoms with E-state index in [0.29, 0.717) is 5.56 Å². The van der Waals surface area contributed by atoms with Crippen LogP contribution in [0.25, 0.3) is 0 Å². The Labute approximate surface area is 184 Å². The Kier molecular flexibility index (Phi) is 5.90. The molecule has 0 aliphatic carbocycles. The second-order valence-corrected chi connectivity index (χ2v) is 9.81. The molecular weight excluding hydrogens is 453 g/mol. The number of hydrogen-bond donors (Lipinski definition) is 1. The van der Waals surface area contributed by atoms with Gasteiger partial charge in [-0.05, 0) is 37.1 Å². The summed E-state index contributed by atoms with van der Waals surface area (Å²) in [6.07, 6.45) is -0.0833. The number of sulfonamides is 1. The minimum Gasteiger partial charge on any atom is -0.480 e. The van der Waals surface area contributed by atoms with E-state index in [2.05, 4.69) is 0 Å². The number of carbonyl (C=O) groups excluding carboxylic acids is 1. The molecule has 1 saturated heterocycles. The van der Waals surface area contributed by atoms with Crippen molar-refractivity contribution in [2.75, 3.05) is 13.7 Å². The van der Waals surface area contributed by atoms with Crippen LogP contribution in [0.1, 0.15) is 18.9 Å². The quantitative estimate of drug-likeness (QED) is 0.670. The number of nitrogens with zero attached hydrogens (tertiary/aromatic N) is 1. The van der Waals surface area contributed by atoms with Crippen molar-refractivity contribution in [3.8, 4) is 0 Å². The van der Waals surface area contributed by atoms with Crippen molar-refractivity contribution in [3.05, 3.63) is 64.1 Å². The van der Waals surface area contributed by atoms with Gasteiger partial charge in [0.25, 0.3) is 0 Å². The molecule has 0 amide bonds. The lowest BCUT2D eigenvalue weighted by Crippen LogP contribution is -2.63. The lowest BCUT2D eigenvalue weighted by Gasteiger charge is -2.41. The number of ether oxygens (including phenoxy) is 1. The Morgan fingerprint density at radius 2 is 1.67 bits per heavy atom. The van der Waals surface area contributed by atoms with Gasteiger partial charge < -0.3 is 9.84 Å². The van der Waals surface area contributed by atoms with Crippen LogP contribution >= 0.6 is 23.2 Å². The summed E-state index contributed by atoms with van der Waals surface area (Å²) < 4.78 is 32.8. The number of carboxylic acid groups (broad SMARTS) is 1. The highest BCUT2D eigenvalue weighted by Gasteiger charge is 2.69. The number of esters is 1. The summed E-state index contributed by atoms with van der Waals surface area (Å²) in [5.41, 5.74) is -3.58. The summed E-state index contributed by atoms with van der Waals surface area (Å²) in [5.74, 6) is -2.31. The zero-order chi connectivity index (χ0) is 22.3. The van der Waals surface area contributed by atoms with Gasteiger partial charge in [0.2, 0.25) is 10.0 Å². The second kappa shape index (κ2) is 7.85. The zero-order valence-electron chi connectivity index (χ0n) is 16.1. The minimum absolute atomic E-state index is 0.0830. The van der Waals surface area contributed by atoms with Crippen LogP contribution < -0.4 is 0 Å². The number of aliphatic carboxylic acids is 1. The Balaban J connectivity index is 2.28. The zero-order valence-corrected chi connectivity index (χ0v) is 18.5. The van der Waals surface area contributed by atoms with Gasteiger partial charge in [-0.25, -0.2) is 8.42 Å². The molecule has 0 saturated carbocycles. The van der Waals surface area contributed by atoms with Crippen molar-refractivity contribution in [1.29, 1.82) is 0 Å². The van der Waals surface area contributed by atoms with Crippen molar-refractivity contribution in [2.45, 2.75) is 29.2 Å². The van der Waals surface area contributed by atoms with Gasteiger partial charge in [-0.1, -0.05) is 53.5 Å². The van der Waals surface area contributed by atoms with E-state index in [1.165, 1.54) is 25.1 Å². The molecule has 0 bridgehead atoms. The molecule has 1 unspecified atom stereocenters. The molecule has 30 heavy (non-hydrogen) atoms. The van der Waals surface area contributed by atoms with E-state index >= 15 is 0 Å². The molecule has 7 nitrogen and oxygen atoms in total. The lowest BCUT2D eigenvalue weighted by atomic mass is 9.66. The Bertz CT molecular complexity index is 1090. The Morgan fingerprint density at radius 3 is 2.17 bits per heavy atom. The lowest BCUT2D eigenvalue weighted by molar-refractivity contribution is -0.161. The number of carboxylic acids is 1. The van der Waals surface area contributed by atoms with E-state index in [0.717, 1.165) is 11.4 Å². The third-order valence-corrected chi connectivity index (χ3v) is 8.06. The molecule has 2 atom stereocenters. The van der Waals surface area contributed by atoms with E-state index in [-0.39, 0.29) is 27.9 Å². The van der Waals surface area contributed by atoms with Crippen LogP contribution in [-0.2, 0) is 29.8 Å². The van der Waals surface area contributed by atoms with E-state index in [1.807, 2.05) is 0 Å². The first-order chi connectivity index (χ1) is 14.0. The van der Waals surface area contributed by atoms with Gasteiger partial charge in [-0.2, -0.15) is 4.31 Å². The maximum Gasteiger partial charge on any atom is 0.326 e. The summed E-state index contributed by atoms with van der Waals surface area (Å²) in [4.78, 5) is 25.4. The molecule has 1 aliphatic rings. The topological polar surface area (TPSA) is 101 Å². The number of rotatable bonds is 5. The average Bonchev–Trinajstić information content (AvgIpc) is 3.03. The second-order valence-electron chi connectivity index (χ2n) is 7.07. The van der Waals surface area contributed by atoms with Gasteiger partial charge in [-0.15, -0.1) is 0 Å². The average molecular weight is 472 g/mol. The minimum atomic E-state index is -4.38. The predicted octanol–water partition coefficient (Wildman–Crippen LogP) is 3.34. The van der Waals surface area contributed by atoms with Crippen molar-refractivity contribution >= 4 is 45.2 Å². The molecule has 10 heteroatoms. The van der Waals surface area contributed by atoms with E-state index in [1.54, 1.807) is 30.3 Å². The first-order valence-corrected chi connectivity index (χ1v) is 11.1. The van der Waals surface area contributed by atoms with Crippen LogP contribution in [-0.4, -0.2) is 49.0 Å². The SMILES string of the molecule is COC(=O)C1(c2ccccc2)CCN(S(=O)(=O)c2cc(Cl)cc(Cl)c2)[C@]1(C)C(=O)O. The molecule has 0 aromatic heterocycles. The highest BCUT2D eigenvalue weighted by molar-refractivity contribution is 7.89. The molecule has 1 heterocycles. The normalized spacial score (nSPS) is 24.5. The standard InChI is InChI=1S/C20H19Cl2NO6S/c1-19(17(24)25)20(18(26)29-2,13-6-4-3-5-7-13)8-9-23(19)30(27,28)16-11-14(21)10-15(22)12-16/h3-7,10-12H,8-9H2,1-2H3,(H,24,25)/t19-,20?/m1/s1. The first kappa shape index (κ1) is 22.6. The van der Waals surface area contributed by atoms with Crippen molar-refractivity contribution in [2.24, 2.45) is 0 Å². The van der Waals surface area contributed by atoms with E-state index < -0.39 is 32.9 Å². The van der Waals surface area contributed by atoms with Gasteiger partial charge >= 0.3 is 11.9 Å². The number of carbonyl (C=O) groups is 2. The molecule has 160 valence electrons. The fourth-order valence-corrected chi connectivity index (χ4v) is 6.65. The maximum absolute atomic E-state index is 13.5. The highest BCUT2D eigenvalue weighted by Crippen LogP contribution is 2.51. The molecule has 1 fully saturated rings. The molecular formula is C20H19Cl2NO6S. The molecule has 1 N–H and O–H groups in total. The fraction of sp³-hybridized carbons (Fsp3) is 0.300. The third-order valence-electron chi connectivity index (χ3n) is 5.66. The first-order valence-electron chi connectivity index (χ1n) is 8.88. The number of halogens is 2. The van der Waals surface area contributed by atoms with Crippen LogP contribution in [0.3, 0.4) is 0 Å². The summed E-state index contributed by atoms with van der Waals surface area (Å²) in [6, 6.07) is 11.9. The van der Waals surface area contributed by atoms with Gasteiger partial charge in [-0.3, -0.25) is 9.59 Å². The summed E-state index contributed by atoms with van der Waals surface area (Å²) in [6.45, 7) is 0.995. The van der Waals surface area contributed by atoms with Crippen molar-refractivity contribution < 1.29 is 27.9 Å². The predicted molar refractivity (Wildman–Crippen MR) is 111 cm³/mol. The van der Waals surface area contributed by atoms with Crippen LogP contribution in [0, 0.1) is 0 Å². The summed E-state index contributed by atoms with van der Waals surface area (Å²) in [7, 11) is -3.24. The van der Waals surface area contributed by atoms with Crippen LogP contribution in [0.2, 0.25) is 10.0 Å². The fourth-order valence-electron chi connectivity index (χ4n) is 4.14. The number of methoxy groups -OCH3 is 1. The molecule has 0 spiro atoms. The Morgan fingerprint density at radius 1 is 1.10 bits per heavy atom. The number of benzene rings is 2. The number of hydrogen-bond acceptors (Lipinski definition) is 5. The van der Waals surface area contributed by atoms with Crippen molar-refractivity contribution in [1.82, 2.24) is 4.31 Å². The van der Waals surface area contributed by atoms with E-state index in [4.69, 9.17) is 27.9 Å². The maximum atomic E-state index is 13.5. The van der Waals surface area contributed by atoms with Crippen LogP contribution in [0.5, 0.6) is 0 Å². The van der Waals surface area contributed by atoms with Crippen LogP contribution in [0.15, 0.2) is 53.4 Å². The molecule has 2 aromatic rings. The Hall–Kier alpha value is -2.13. The third kappa shape index (κ3) is 3.19. The van der Waals surface area contributed by atoms with E-state index in [9.17, 15) is 23.1 Å². The summed E-state index contributed by atoms with van der Waals surface area (Å²) >= 11 is 11.9. The largest absolute Gasteiger partial charge is 0.480 e. The molecule has 3 rings (SSSR count). The monoisotopic (exact) mass is 471 g/mol. The molecule has 2 aromatic carbocycles. The van der Waals surface area contributed by atoms with Gasteiger partial charge in [0, 0.05) is 16.6 Å².